The van der Waals surface area contributed by atoms with Crippen molar-refractivity contribution >= 4 is 32.8 Å². The third-order valence-corrected chi connectivity index (χ3v) is 10.7. The molecule has 0 radical (unpaired) electrons. The van der Waals surface area contributed by atoms with E-state index in [9.17, 15) is 0 Å². The van der Waals surface area contributed by atoms with Gasteiger partial charge in [0.2, 0.25) is 0 Å². The fourth-order valence-electron chi connectivity index (χ4n) is 8.29. The smallest absolute Gasteiger partial charge is 0.143 e. The highest BCUT2D eigenvalue weighted by atomic mass is 16.5. The van der Waals surface area contributed by atoms with Crippen LogP contribution in [0.1, 0.15) is 88.9 Å². The predicted octanol–water partition coefficient (Wildman–Crippen LogP) is 8.10. The fourth-order valence-corrected chi connectivity index (χ4v) is 8.29. The molecule has 0 amide bonds. The maximum absolute atomic E-state index is 7.34. The van der Waals surface area contributed by atoms with Gasteiger partial charge in [0.05, 0.1) is 11.4 Å². The van der Waals surface area contributed by atoms with Crippen molar-refractivity contribution < 1.29 is 4.74 Å². The van der Waals surface area contributed by atoms with Gasteiger partial charge in [0, 0.05) is 32.8 Å². The van der Waals surface area contributed by atoms with E-state index in [1.165, 1.54) is 105 Å². The van der Waals surface area contributed by atoms with Crippen LogP contribution in [0.3, 0.4) is 0 Å². The van der Waals surface area contributed by atoms with Crippen LogP contribution in [0.5, 0.6) is 11.5 Å². The van der Waals surface area contributed by atoms with Gasteiger partial charge < -0.3 is 10.1 Å². The number of ether oxygens (including phenoxy) is 1. The molecule has 3 aliphatic heterocycles. The quantitative estimate of drug-likeness (QED) is 0.249. The van der Waals surface area contributed by atoms with Crippen LogP contribution in [0.4, 0.5) is 5.69 Å². The fraction of sp³-hybridized carbons (Fsp3) is 0.432. The number of anilines is 1. The molecule has 206 valence electrons. The van der Waals surface area contributed by atoms with Crippen LogP contribution in [0, 0.1) is 55.4 Å². The lowest BCUT2D eigenvalue weighted by atomic mass is 9.81. The summed E-state index contributed by atoms with van der Waals surface area (Å²) in [7, 11) is 0. The van der Waals surface area contributed by atoms with E-state index in [2.05, 4.69) is 88.4 Å². The standard InChI is InChI=1S/C37H42N2O/c1-15-13-25-29-18(4)16(2)27-24(10)28-17(3)19(5)30-26-14-37(11,12)39-34(26)23(9)21(7)32(30)36(28)40-35(27)31(29)20(6)22(8)33(25)38-15/h15,39H,13-14H2,1-12H3. The Morgan fingerprint density at radius 3 is 1.95 bits per heavy atom. The molecule has 1 unspecified atom stereocenters. The highest BCUT2D eigenvalue weighted by Gasteiger charge is 2.35. The number of benzene rings is 4. The molecule has 4 aromatic rings. The normalized spacial score (nSPS) is 18.3. The summed E-state index contributed by atoms with van der Waals surface area (Å²) in [5, 5.41) is 11.7. The topological polar surface area (TPSA) is 33.6 Å². The Morgan fingerprint density at radius 1 is 0.675 bits per heavy atom. The van der Waals surface area contributed by atoms with E-state index in [4.69, 9.17) is 9.73 Å². The number of aryl methyl sites for hydroxylation is 4. The van der Waals surface area contributed by atoms with Gasteiger partial charge in [-0.1, -0.05) is 0 Å². The van der Waals surface area contributed by atoms with E-state index in [1.807, 2.05) is 0 Å². The largest absolute Gasteiger partial charge is 0.455 e. The lowest BCUT2D eigenvalue weighted by molar-refractivity contribution is 0.481. The van der Waals surface area contributed by atoms with E-state index < -0.39 is 0 Å². The Balaban J connectivity index is 1.69. The van der Waals surface area contributed by atoms with Gasteiger partial charge in [-0.05, 0) is 168 Å². The maximum atomic E-state index is 7.34. The minimum absolute atomic E-state index is 0.0433. The van der Waals surface area contributed by atoms with E-state index in [0.717, 1.165) is 24.3 Å². The predicted molar refractivity (Wildman–Crippen MR) is 169 cm³/mol. The summed E-state index contributed by atoms with van der Waals surface area (Å²) < 4.78 is 7.34. The molecule has 0 saturated heterocycles. The second-order valence-corrected chi connectivity index (χ2v) is 13.7. The molecule has 0 saturated carbocycles. The first-order chi connectivity index (χ1) is 18.7. The second-order valence-electron chi connectivity index (χ2n) is 13.7. The van der Waals surface area contributed by atoms with Gasteiger partial charge in [0.15, 0.2) is 0 Å². The molecule has 0 spiro atoms. The van der Waals surface area contributed by atoms with Crippen molar-refractivity contribution in [3.63, 3.8) is 0 Å². The molecule has 1 N–H and O–H groups in total. The molecule has 40 heavy (non-hydrogen) atoms. The van der Waals surface area contributed by atoms with Crippen molar-refractivity contribution in [2.24, 2.45) is 4.99 Å². The van der Waals surface area contributed by atoms with Crippen molar-refractivity contribution in [1.82, 2.24) is 0 Å². The Bertz CT molecular complexity index is 2020. The van der Waals surface area contributed by atoms with E-state index in [0.29, 0.717) is 6.04 Å². The van der Waals surface area contributed by atoms with Gasteiger partial charge in [-0.15, -0.1) is 0 Å². The molecule has 3 heterocycles. The SMILES string of the molecule is CC1=c2c(C)c(C)c3c4c(c(C)c(C)c3c2Oc2c1c(C)c(C)c1c3c(c(C)c(C)c21)NC(C)(C)C3)=NC(C)C4. The zero-order chi connectivity index (χ0) is 28.7. The van der Waals surface area contributed by atoms with Crippen molar-refractivity contribution in [2.45, 2.75) is 108 Å². The average Bonchev–Trinajstić information content (AvgIpc) is 3.43. The van der Waals surface area contributed by atoms with E-state index in [1.54, 1.807) is 0 Å². The zero-order valence-corrected chi connectivity index (χ0v) is 26.3. The van der Waals surface area contributed by atoms with Gasteiger partial charge in [-0.2, -0.15) is 0 Å². The number of fused-ring (bicyclic) bond motifs is 10. The van der Waals surface area contributed by atoms with Gasteiger partial charge in [-0.3, -0.25) is 4.99 Å². The molecule has 0 aromatic heterocycles. The minimum Gasteiger partial charge on any atom is -0.455 e. The maximum Gasteiger partial charge on any atom is 0.143 e. The second kappa shape index (κ2) is 7.90. The number of rotatable bonds is 0. The lowest BCUT2D eigenvalue weighted by Gasteiger charge is -2.29. The summed E-state index contributed by atoms with van der Waals surface area (Å²) in [5.41, 5.74) is 17.5. The monoisotopic (exact) mass is 530 g/mol. The number of hydrogen-bond donors (Lipinski definition) is 1. The van der Waals surface area contributed by atoms with Crippen LogP contribution in [0.15, 0.2) is 4.99 Å². The molecule has 7 rings (SSSR count). The van der Waals surface area contributed by atoms with Crippen LogP contribution in [0.2, 0.25) is 0 Å². The van der Waals surface area contributed by atoms with E-state index in [-0.39, 0.29) is 5.54 Å². The summed E-state index contributed by atoms with van der Waals surface area (Å²) in [6.45, 7) is 27.5. The van der Waals surface area contributed by atoms with Crippen molar-refractivity contribution in [3.05, 3.63) is 71.8 Å². The summed E-state index contributed by atoms with van der Waals surface area (Å²) in [6, 6.07) is 0.324. The molecular formula is C37H42N2O. The van der Waals surface area contributed by atoms with Gasteiger partial charge in [0.1, 0.15) is 11.5 Å². The zero-order valence-electron chi connectivity index (χ0n) is 26.3. The Kier molecular flexibility index (Phi) is 5.06. The molecule has 0 aliphatic carbocycles. The van der Waals surface area contributed by atoms with Crippen LogP contribution < -0.4 is 20.6 Å². The summed E-state index contributed by atoms with van der Waals surface area (Å²) in [4.78, 5) is 5.07. The molecule has 3 aliphatic rings. The lowest BCUT2D eigenvalue weighted by Crippen LogP contribution is -2.27. The van der Waals surface area contributed by atoms with Crippen LogP contribution in [0.25, 0.3) is 27.1 Å². The number of nitrogens with one attached hydrogen (secondary N) is 1. The van der Waals surface area contributed by atoms with Crippen LogP contribution in [-0.4, -0.2) is 11.6 Å². The summed E-state index contributed by atoms with van der Waals surface area (Å²) >= 11 is 0. The minimum atomic E-state index is 0.0433. The highest BCUT2D eigenvalue weighted by molar-refractivity contribution is 6.07. The van der Waals surface area contributed by atoms with Crippen molar-refractivity contribution in [2.75, 3.05) is 5.32 Å². The summed E-state index contributed by atoms with van der Waals surface area (Å²) in [5.74, 6) is 2.10. The first kappa shape index (κ1) is 25.6. The van der Waals surface area contributed by atoms with Crippen molar-refractivity contribution in [3.8, 4) is 11.5 Å². The molecule has 0 bridgehead atoms. The molecule has 1 atom stereocenters. The van der Waals surface area contributed by atoms with Gasteiger partial charge in [-0.25, -0.2) is 0 Å². The number of hydrogen-bond acceptors (Lipinski definition) is 3. The first-order valence-electron chi connectivity index (χ1n) is 14.9. The molecule has 4 aromatic carbocycles. The van der Waals surface area contributed by atoms with Crippen LogP contribution >= 0.6 is 0 Å². The Labute approximate surface area is 238 Å². The average molecular weight is 531 g/mol. The molecule has 0 fully saturated rings. The Morgan fingerprint density at radius 2 is 1.25 bits per heavy atom. The third kappa shape index (κ3) is 2.99. The van der Waals surface area contributed by atoms with Gasteiger partial charge >= 0.3 is 0 Å². The van der Waals surface area contributed by atoms with Gasteiger partial charge in [0.25, 0.3) is 0 Å². The first-order valence-corrected chi connectivity index (χ1v) is 14.9. The summed E-state index contributed by atoms with van der Waals surface area (Å²) in [6.07, 6.45) is 2.02. The van der Waals surface area contributed by atoms with Crippen molar-refractivity contribution in [1.29, 1.82) is 0 Å². The van der Waals surface area contributed by atoms with E-state index >= 15 is 0 Å². The number of nitrogens with zero attached hydrogens (tertiary/aromatic N) is 1. The molecular weight excluding hydrogens is 488 g/mol. The van der Waals surface area contributed by atoms with Crippen LogP contribution in [-0.2, 0) is 12.8 Å². The highest BCUT2D eigenvalue weighted by Crippen LogP contribution is 2.52. The Hall–Kier alpha value is -3.33. The molecule has 3 nitrogen and oxygen atoms in total. The third-order valence-electron chi connectivity index (χ3n) is 10.7. The molecule has 3 heteroatoms.